The second kappa shape index (κ2) is 11.6. The van der Waals surface area contributed by atoms with Gasteiger partial charge in [0.2, 0.25) is 11.8 Å². The summed E-state index contributed by atoms with van der Waals surface area (Å²) >= 11 is 0. The molecule has 6 atom stereocenters. The number of esters is 1. The van der Waals surface area contributed by atoms with Gasteiger partial charge in [0.05, 0.1) is 33.3 Å². The van der Waals surface area contributed by atoms with Crippen LogP contribution in [-0.2, 0) is 23.4 Å². The van der Waals surface area contributed by atoms with Gasteiger partial charge in [-0.05, 0) is 31.5 Å². The van der Waals surface area contributed by atoms with Crippen LogP contribution in [0.2, 0.25) is 0 Å². The van der Waals surface area contributed by atoms with Gasteiger partial charge in [-0.25, -0.2) is 9.55 Å². The number of fused-ring (bicyclic) bond motifs is 1. The highest BCUT2D eigenvalue weighted by Gasteiger charge is 2.55. The average molecular weight is 577 g/mol. The second-order valence-corrected chi connectivity index (χ2v) is 10.6. The molecule has 40 heavy (non-hydrogen) atoms. The van der Waals surface area contributed by atoms with Crippen molar-refractivity contribution >= 4 is 30.8 Å². The molecule has 1 saturated heterocycles. The molecule has 4 N–H and O–H groups in total. The van der Waals surface area contributed by atoms with Gasteiger partial charge in [0.25, 0.3) is 0 Å². The molecule has 2 unspecified atom stereocenters. The predicted octanol–water partition coefficient (Wildman–Crippen LogP) is 2.10. The fourth-order valence-corrected chi connectivity index (χ4v) is 5.65. The molecule has 0 radical (unpaired) electrons. The highest BCUT2D eigenvalue weighted by Crippen LogP contribution is 2.48. The number of imidazole rings is 1. The summed E-state index contributed by atoms with van der Waals surface area (Å²) in [7, 11) is -1.69. The summed E-state index contributed by atoms with van der Waals surface area (Å²) < 4.78 is 42.3. The van der Waals surface area contributed by atoms with Crippen LogP contribution in [0.15, 0.2) is 41.8 Å². The number of carbonyl (C=O) groups excluding carboxylic acids is 1. The van der Waals surface area contributed by atoms with Gasteiger partial charge in [-0.3, -0.25) is 13.9 Å². The number of nitrogen functional groups attached to an aromatic ring is 1. The zero-order valence-corrected chi connectivity index (χ0v) is 22.8. The van der Waals surface area contributed by atoms with Crippen molar-refractivity contribution in [3.8, 4) is 11.6 Å². The zero-order chi connectivity index (χ0) is 29.1. The van der Waals surface area contributed by atoms with E-state index in [9.17, 15) is 20.0 Å². The maximum atomic E-state index is 13.7. The Balaban J connectivity index is 1.64. The van der Waals surface area contributed by atoms with Crippen LogP contribution < -0.4 is 20.1 Å². The van der Waals surface area contributed by atoms with Gasteiger partial charge < -0.3 is 29.6 Å². The van der Waals surface area contributed by atoms with E-state index in [0.717, 1.165) is 0 Å². The van der Waals surface area contributed by atoms with Gasteiger partial charge >= 0.3 is 13.7 Å². The average Bonchev–Trinajstić information content (AvgIpc) is 3.45. The number of hydrogen-bond donors (Lipinski definition) is 3. The van der Waals surface area contributed by atoms with E-state index in [-0.39, 0.29) is 28.7 Å². The lowest BCUT2D eigenvalue weighted by molar-refractivity contribution is -0.142. The van der Waals surface area contributed by atoms with Crippen molar-refractivity contribution in [2.75, 3.05) is 26.6 Å². The Kier molecular flexibility index (Phi) is 8.44. The molecule has 0 spiro atoms. The summed E-state index contributed by atoms with van der Waals surface area (Å²) in [5, 5.41) is 17.5. The number of ether oxygens (including phenoxy) is 3. The summed E-state index contributed by atoms with van der Waals surface area (Å²) in [6.07, 6.45) is -2.47. The van der Waals surface area contributed by atoms with E-state index < -0.39 is 50.3 Å². The number of benzene rings is 1. The van der Waals surface area contributed by atoms with Crippen LogP contribution in [0.25, 0.3) is 21.6 Å². The molecule has 0 amide bonds. The minimum atomic E-state index is -4.25. The number of hydrogen-bond acceptors (Lipinski definition) is 13. The van der Waals surface area contributed by atoms with E-state index in [2.05, 4.69) is 30.1 Å². The normalized spacial score (nSPS) is 24.6. The highest BCUT2D eigenvalue weighted by molar-refractivity contribution is 7.52. The van der Waals surface area contributed by atoms with Gasteiger partial charge in [-0.1, -0.05) is 23.3 Å². The van der Waals surface area contributed by atoms with Crippen molar-refractivity contribution in [1.82, 2.24) is 24.6 Å². The molecule has 4 rings (SSSR count). The number of para-hydroxylation sites is 1. The number of anilines is 1. The summed E-state index contributed by atoms with van der Waals surface area (Å²) in [6.45, 7) is 2.37. The molecule has 1 aromatic carbocycles. The molecule has 1 aliphatic rings. The first-order chi connectivity index (χ1) is 19.0. The number of azide groups is 1. The summed E-state index contributed by atoms with van der Waals surface area (Å²) in [5.41, 5.74) is 13.9. The van der Waals surface area contributed by atoms with Crippen LogP contribution in [0.5, 0.6) is 11.6 Å². The molecule has 1 fully saturated rings. The van der Waals surface area contributed by atoms with Gasteiger partial charge in [-0.15, -0.1) is 0 Å². The number of rotatable bonds is 11. The van der Waals surface area contributed by atoms with Crippen molar-refractivity contribution in [3.63, 3.8) is 0 Å². The predicted molar refractivity (Wildman–Crippen MR) is 139 cm³/mol. The number of aromatic nitrogens is 4. The fraction of sp³-hybridized carbons (Fsp3) is 0.455. The third kappa shape index (κ3) is 5.65. The topological polar surface area (TPSA) is 231 Å². The number of nitrogens with zero attached hydrogens (tertiary/aromatic N) is 7. The lowest BCUT2D eigenvalue weighted by Crippen LogP contribution is -2.43. The standard InChI is InChI=1S/C22H28N9O8P/c1-12(19(33)36-4)28-40(34,39-13-8-6-5-7-9-13)37-10-14-16(32)22(2,29-30-24)20(38-14)31-11-25-15-17(31)26-21(23)27-18(15)35-3/h5-9,11-12,14,16,20,32H,10H2,1-4H3,(H,28,34)(H2,23,26,27)/t12-,14+,16?,20+,22+,40?/m0/s1. The third-order valence-corrected chi connectivity index (χ3v) is 7.80. The third-order valence-electron chi connectivity index (χ3n) is 6.15. The Morgan fingerprint density at radius 2 is 2.10 bits per heavy atom. The maximum Gasteiger partial charge on any atom is 0.459 e. The van der Waals surface area contributed by atoms with Crippen LogP contribution in [-0.4, -0.2) is 75.2 Å². The summed E-state index contributed by atoms with van der Waals surface area (Å²) in [6, 6.07) is 7.06. The molecule has 1 aliphatic heterocycles. The van der Waals surface area contributed by atoms with Crippen LogP contribution in [0, 0.1) is 0 Å². The highest BCUT2D eigenvalue weighted by atomic mass is 31.2. The smallest absolute Gasteiger partial charge is 0.459 e. The van der Waals surface area contributed by atoms with Crippen molar-refractivity contribution in [3.05, 3.63) is 47.1 Å². The number of nitrogens with one attached hydrogen (secondary N) is 1. The molecular weight excluding hydrogens is 549 g/mol. The van der Waals surface area contributed by atoms with Gasteiger partial charge in [0.15, 0.2) is 17.4 Å². The van der Waals surface area contributed by atoms with Crippen molar-refractivity contribution in [1.29, 1.82) is 0 Å². The lowest BCUT2D eigenvalue weighted by atomic mass is 9.93. The van der Waals surface area contributed by atoms with Gasteiger partial charge in [0, 0.05) is 4.91 Å². The summed E-state index contributed by atoms with van der Waals surface area (Å²) in [5.74, 6) is -0.525. The van der Waals surface area contributed by atoms with E-state index >= 15 is 0 Å². The lowest BCUT2D eigenvalue weighted by Gasteiger charge is -2.28. The Hall–Kier alpha value is -3.98. The van der Waals surface area contributed by atoms with E-state index in [4.69, 9.17) is 29.0 Å². The number of aliphatic hydroxyl groups is 1. The molecule has 214 valence electrons. The minimum Gasteiger partial charge on any atom is -0.479 e. The molecule has 17 nitrogen and oxygen atoms in total. The summed E-state index contributed by atoms with van der Waals surface area (Å²) in [4.78, 5) is 27.3. The first-order valence-electron chi connectivity index (χ1n) is 11.8. The molecule has 0 bridgehead atoms. The Bertz CT molecular complexity index is 1470. The molecule has 18 heteroatoms. The molecular formula is C22H28N9O8P. The Morgan fingerprint density at radius 3 is 2.75 bits per heavy atom. The van der Waals surface area contributed by atoms with E-state index in [1.165, 1.54) is 39.0 Å². The Labute approximate surface area is 227 Å². The van der Waals surface area contributed by atoms with Crippen LogP contribution in [0.3, 0.4) is 0 Å². The number of aliphatic hydroxyl groups excluding tert-OH is 1. The molecule has 0 aliphatic carbocycles. The maximum absolute atomic E-state index is 13.7. The van der Waals surface area contributed by atoms with Gasteiger partial charge in [0.1, 0.15) is 23.4 Å². The number of nitrogens with two attached hydrogens (primary N) is 1. The monoisotopic (exact) mass is 577 g/mol. The SMILES string of the molecule is COC(=O)[C@H](C)NP(=O)(OC[C@H]1O[C@@H](n2cnc3c(OC)nc(N)nc32)[C@](C)(N=[N+]=[N-])C1O)Oc1ccccc1. The second-order valence-electron chi connectivity index (χ2n) is 8.87. The van der Waals surface area contributed by atoms with Crippen molar-refractivity contribution in [2.45, 2.75) is 43.9 Å². The first-order valence-corrected chi connectivity index (χ1v) is 13.4. The first kappa shape index (κ1) is 29.0. The van der Waals surface area contributed by atoms with E-state index in [0.29, 0.717) is 0 Å². The van der Waals surface area contributed by atoms with Crippen LogP contribution in [0.1, 0.15) is 20.1 Å². The minimum absolute atomic E-state index is 0.106. The van der Waals surface area contributed by atoms with Crippen molar-refractivity contribution < 1.29 is 37.7 Å². The molecule has 3 heterocycles. The molecule has 3 aromatic rings. The van der Waals surface area contributed by atoms with Crippen LogP contribution >= 0.6 is 7.75 Å². The van der Waals surface area contributed by atoms with E-state index in [1.807, 2.05) is 0 Å². The molecule has 2 aromatic heterocycles. The van der Waals surface area contributed by atoms with E-state index in [1.54, 1.807) is 30.3 Å². The zero-order valence-electron chi connectivity index (χ0n) is 21.9. The molecule has 0 saturated carbocycles. The quantitative estimate of drug-likeness (QED) is 0.0975. The van der Waals surface area contributed by atoms with Gasteiger partial charge in [-0.2, -0.15) is 15.1 Å². The van der Waals surface area contributed by atoms with Crippen molar-refractivity contribution in [2.24, 2.45) is 5.11 Å². The Morgan fingerprint density at radius 1 is 1.38 bits per heavy atom. The number of methoxy groups -OCH3 is 2. The van der Waals surface area contributed by atoms with Crippen LogP contribution in [0.4, 0.5) is 5.95 Å². The fourth-order valence-electron chi connectivity index (χ4n) is 4.15. The largest absolute Gasteiger partial charge is 0.479 e. The number of carbonyl (C=O) groups is 1.